The van der Waals surface area contributed by atoms with Crippen molar-refractivity contribution in [2.45, 2.75) is 6.04 Å². The molecule has 3 aromatic rings. The van der Waals surface area contributed by atoms with Crippen molar-refractivity contribution in [3.8, 4) is 0 Å². The highest BCUT2D eigenvalue weighted by Crippen LogP contribution is 2.35. The number of anilines is 3. The standard InChI is InChI=1S/C20H23ClFN9O/c1-28-2-3-29-4-5-30(11-13(29)10-28)17-14(21)7-24-8-15(17)26-20(32)16-18(23)27-31-9-12(22)6-25-19(16)31/h6-9,13H,2-5,10-11H2,1H3,(H2,23,27)(H,26,32). The molecule has 0 spiro atoms. The van der Waals surface area contributed by atoms with Gasteiger partial charge in [-0.15, -0.1) is 5.10 Å². The van der Waals surface area contributed by atoms with E-state index in [4.69, 9.17) is 17.3 Å². The maximum atomic E-state index is 13.5. The van der Waals surface area contributed by atoms with E-state index < -0.39 is 11.7 Å². The van der Waals surface area contributed by atoms with Crippen LogP contribution in [0.3, 0.4) is 0 Å². The van der Waals surface area contributed by atoms with Crippen molar-refractivity contribution in [3.63, 3.8) is 0 Å². The van der Waals surface area contributed by atoms with Crippen LogP contribution in [0, 0.1) is 5.82 Å². The monoisotopic (exact) mass is 459 g/mol. The van der Waals surface area contributed by atoms with Gasteiger partial charge in [0.1, 0.15) is 5.56 Å². The fourth-order valence-corrected chi connectivity index (χ4v) is 4.76. The molecule has 1 atom stereocenters. The molecule has 12 heteroatoms. The molecule has 2 aliphatic rings. The first kappa shape index (κ1) is 20.9. The number of hydrogen-bond acceptors (Lipinski definition) is 8. The number of carbonyl (C=O) groups is 1. The Morgan fingerprint density at radius 2 is 2.03 bits per heavy atom. The number of carbonyl (C=O) groups excluding carboxylic acids is 1. The normalized spacial score (nSPS) is 19.8. The molecule has 2 saturated heterocycles. The van der Waals surface area contributed by atoms with Crippen LogP contribution in [-0.2, 0) is 0 Å². The molecule has 0 aliphatic carbocycles. The van der Waals surface area contributed by atoms with Gasteiger partial charge < -0.3 is 20.9 Å². The zero-order valence-electron chi connectivity index (χ0n) is 17.5. The Morgan fingerprint density at radius 3 is 2.88 bits per heavy atom. The Balaban J connectivity index is 1.44. The van der Waals surface area contributed by atoms with Gasteiger partial charge in [-0.25, -0.2) is 13.9 Å². The summed E-state index contributed by atoms with van der Waals surface area (Å²) in [5.74, 6) is -1.14. The fraction of sp³-hybridized carbons (Fsp3) is 0.400. The molecule has 1 amide bonds. The molecule has 5 heterocycles. The Labute approximate surface area is 188 Å². The van der Waals surface area contributed by atoms with Gasteiger partial charge in [-0.1, -0.05) is 11.6 Å². The number of piperazine rings is 2. The van der Waals surface area contributed by atoms with E-state index in [9.17, 15) is 9.18 Å². The zero-order valence-corrected chi connectivity index (χ0v) is 18.3. The number of fused-ring (bicyclic) bond motifs is 2. The minimum absolute atomic E-state index is 0.0454. The summed E-state index contributed by atoms with van der Waals surface area (Å²) in [7, 11) is 2.13. The summed E-state index contributed by atoms with van der Waals surface area (Å²) in [6.45, 7) is 5.57. The molecule has 10 nitrogen and oxygen atoms in total. The molecule has 0 bridgehead atoms. The topological polar surface area (TPSA) is 108 Å². The van der Waals surface area contributed by atoms with E-state index in [1.807, 2.05) is 0 Å². The van der Waals surface area contributed by atoms with E-state index in [1.165, 1.54) is 0 Å². The highest BCUT2D eigenvalue weighted by Gasteiger charge is 2.33. The van der Waals surface area contributed by atoms with Crippen LogP contribution in [0.1, 0.15) is 10.4 Å². The molecule has 5 rings (SSSR count). The number of aromatic nitrogens is 4. The quantitative estimate of drug-likeness (QED) is 0.601. The second kappa shape index (κ2) is 8.15. The fourth-order valence-electron chi connectivity index (χ4n) is 4.49. The minimum Gasteiger partial charge on any atom is -0.381 e. The number of halogens is 2. The van der Waals surface area contributed by atoms with E-state index in [0.717, 1.165) is 61.9 Å². The summed E-state index contributed by atoms with van der Waals surface area (Å²) in [5, 5.41) is 7.30. The van der Waals surface area contributed by atoms with Gasteiger partial charge in [0.05, 0.1) is 35.0 Å². The molecule has 3 N–H and O–H groups in total. The number of likely N-dealkylation sites (N-methyl/N-ethyl adjacent to an activating group) is 1. The maximum Gasteiger partial charge on any atom is 0.263 e. The lowest BCUT2D eigenvalue weighted by atomic mass is 10.1. The van der Waals surface area contributed by atoms with Gasteiger partial charge in [0.25, 0.3) is 5.91 Å². The lowest BCUT2D eigenvalue weighted by molar-refractivity contribution is 0.0807. The van der Waals surface area contributed by atoms with Gasteiger partial charge in [0, 0.05) is 51.5 Å². The Morgan fingerprint density at radius 1 is 1.22 bits per heavy atom. The van der Waals surface area contributed by atoms with Crippen LogP contribution >= 0.6 is 11.6 Å². The van der Waals surface area contributed by atoms with Gasteiger partial charge in [-0.05, 0) is 7.05 Å². The van der Waals surface area contributed by atoms with Crippen LogP contribution in [0.5, 0.6) is 0 Å². The molecule has 32 heavy (non-hydrogen) atoms. The number of nitrogens with two attached hydrogens (primary N) is 1. The minimum atomic E-state index is -0.583. The van der Waals surface area contributed by atoms with Crippen molar-refractivity contribution in [1.29, 1.82) is 0 Å². The van der Waals surface area contributed by atoms with E-state index in [2.05, 4.69) is 42.1 Å². The molecule has 2 fully saturated rings. The van der Waals surface area contributed by atoms with Crippen molar-refractivity contribution in [2.75, 3.05) is 62.3 Å². The van der Waals surface area contributed by atoms with E-state index in [0.29, 0.717) is 16.8 Å². The molecule has 0 saturated carbocycles. The number of rotatable bonds is 3. The van der Waals surface area contributed by atoms with Crippen LogP contribution in [-0.4, -0.2) is 87.6 Å². The van der Waals surface area contributed by atoms with Gasteiger partial charge in [0.15, 0.2) is 17.3 Å². The highest BCUT2D eigenvalue weighted by molar-refractivity contribution is 6.34. The largest absolute Gasteiger partial charge is 0.381 e. The lowest BCUT2D eigenvalue weighted by Gasteiger charge is -2.47. The predicted molar refractivity (Wildman–Crippen MR) is 120 cm³/mol. The summed E-state index contributed by atoms with van der Waals surface area (Å²) in [6, 6.07) is 0.379. The predicted octanol–water partition coefficient (Wildman–Crippen LogP) is 1.19. The van der Waals surface area contributed by atoms with Crippen LogP contribution < -0.4 is 16.0 Å². The van der Waals surface area contributed by atoms with E-state index >= 15 is 0 Å². The lowest BCUT2D eigenvalue weighted by Crippen LogP contribution is -2.61. The van der Waals surface area contributed by atoms with Crippen LogP contribution in [0.15, 0.2) is 24.8 Å². The summed E-state index contributed by atoms with van der Waals surface area (Å²) in [4.78, 5) is 28.3. The van der Waals surface area contributed by atoms with Crippen molar-refractivity contribution in [1.82, 2.24) is 29.4 Å². The van der Waals surface area contributed by atoms with E-state index in [1.54, 1.807) is 12.4 Å². The zero-order chi connectivity index (χ0) is 22.4. The second-order valence-corrected chi connectivity index (χ2v) is 8.58. The molecule has 1 unspecified atom stereocenters. The number of nitrogens with one attached hydrogen (secondary N) is 1. The van der Waals surface area contributed by atoms with Crippen molar-refractivity contribution < 1.29 is 9.18 Å². The molecular formula is C20H23ClFN9O. The van der Waals surface area contributed by atoms with Crippen LogP contribution in [0.25, 0.3) is 5.65 Å². The number of amides is 1. The van der Waals surface area contributed by atoms with Crippen molar-refractivity contribution in [2.24, 2.45) is 0 Å². The van der Waals surface area contributed by atoms with Crippen molar-refractivity contribution >= 4 is 40.3 Å². The number of nitrogen functional groups attached to an aromatic ring is 1. The molecule has 0 aromatic carbocycles. The smallest absolute Gasteiger partial charge is 0.263 e. The average Bonchev–Trinajstić information content (AvgIpc) is 3.08. The first-order valence-corrected chi connectivity index (χ1v) is 10.7. The SMILES string of the molecule is CN1CCN2CCN(c3c(Cl)cncc3NC(=O)c3c(N)nn4cc(F)cnc34)CC2C1. The Hall–Kier alpha value is -3.02. The average molecular weight is 460 g/mol. The molecule has 2 aliphatic heterocycles. The third-order valence-corrected chi connectivity index (χ3v) is 6.30. The van der Waals surface area contributed by atoms with Gasteiger partial charge >= 0.3 is 0 Å². The Bertz CT molecular complexity index is 1190. The summed E-state index contributed by atoms with van der Waals surface area (Å²) < 4.78 is 14.6. The Kier molecular flexibility index (Phi) is 5.31. The third kappa shape index (κ3) is 3.72. The number of hydrogen-bond donors (Lipinski definition) is 2. The second-order valence-electron chi connectivity index (χ2n) is 8.17. The van der Waals surface area contributed by atoms with Gasteiger partial charge in [-0.3, -0.25) is 14.7 Å². The summed E-state index contributed by atoms with van der Waals surface area (Å²) in [6.07, 6.45) is 5.26. The van der Waals surface area contributed by atoms with Gasteiger partial charge in [0.2, 0.25) is 0 Å². The van der Waals surface area contributed by atoms with Crippen LogP contribution in [0.4, 0.5) is 21.6 Å². The molecule has 0 radical (unpaired) electrons. The third-order valence-electron chi connectivity index (χ3n) is 6.03. The molecule has 168 valence electrons. The summed E-state index contributed by atoms with van der Waals surface area (Å²) >= 11 is 6.54. The van der Waals surface area contributed by atoms with Crippen LogP contribution in [0.2, 0.25) is 5.02 Å². The van der Waals surface area contributed by atoms with Crippen molar-refractivity contribution in [3.05, 3.63) is 41.2 Å². The first-order valence-electron chi connectivity index (χ1n) is 10.3. The molecular weight excluding hydrogens is 437 g/mol. The summed E-state index contributed by atoms with van der Waals surface area (Å²) in [5.41, 5.74) is 7.36. The van der Waals surface area contributed by atoms with Gasteiger partial charge in [-0.2, -0.15) is 0 Å². The maximum absolute atomic E-state index is 13.5. The number of nitrogens with zero attached hydrogens (tertiary/aromatic N) is 7. The van der Waals surface area contributed by atoms with E-state index in [-0.39, 0.29) is 17.0 Å². The number of pyridine rings is 1. The first-order chi connectivity index (χ1) is 15.4. The molecule has 3 aromatic heterocycles. The highest BCUT2D eigenvalue weighted by atomic mass is 35.5.